The minimum atomic E-state index is -1.25. The zero-order chi connectivity index (χ0) is 13.7. The fourth-order valence-corrected chi connectivity index (χ4v) is 2.34. The molecule has 0 unspecified atom stereocenters. The summed E-state index contributed by atoms with van der Waals surface area (Å²) in [7, 11) is -1.25. The SMILES string of the molecule is C[Si](C)(C)C#CCCc1cc(-c2ccccc2)no1. The molecule has 0 radical (unpaired) electrons. The van der Waals surface area contributed by atoms with Crippen LogP contribution in [0.15, 0.2) is 40.9 Å². The van der Waals surface area contributed by atoms with Gasteiger partial charge in [-0.05, 0) is 0 Å². The first-order valence-electron chi connectivity index (χ1n) is 6.56. The summed E-state index contributed by atoms with van der Waals surface area (Å²) in [5.74, 6) is 4.15. The lowest BCUT2D eigenvalue weighted by atomic mass is 10.1. The van der Waals surface area contributed by atoms with Crippen LogP contribution in [0.2, 0.25) is 19.6 Å². The van der Waals surface area contributed by atoms with Gasteiger partial charge >= 0.3 is 0 Å². The summed E-state index contributed by atoms with van der Waals surface area (Å²) in [6.45, 7) is 6.76. The average Bonchev–Trinajstić information content (AvgIpc) is 2.83. The van der Waals surface area contributed by atoms with Gasteiger partial charge in [0.05, 0.1) is 0 Å². The average molecular weight is 269 g/mol. The van der Waals surface area contributed by atoms with Crippen LogP contribution in [0.3, 0.4) is 0 Å². The molecular weight excluding hydrogens is 250 g/mol. The summed E-state index contributed by atoms with van der Waals surface area (Å²) in [5, 5.41) is 4.10. The third kappa shape index (κ3) is 4.42. The van der Waals surface area contributed by atoms with Crippen molar-refractivity contribution in [2.45, 2.75) is 32.5 Å². The van der Waals surface area contributed by atoms with Gasteiger partial charge in [0.1, 0.15) is 19.5 Å². The van der Waals surface area contributed by atoms with Gasteiger partial charge in [-0.3, -0.25) is 0 Å². The molecule has 1 heterocycles. The summed E-state index contributed by atoms with van der Waals surface area (Å²) >= 11 is 0. The molecule has 1 aromatic heterocycles. The lowest BCUT2D eigenvalue weighted by Crippen LogP contribution is -2.16. The van der Waals surface area contributed by atoms with Crippen LogP contribution in [0, 0.1) is 11.5 Å². The Morgan fingerprint density at radius 1 is 1.16 bits per heavy atom. The summed E-state index contributed by atoms with van der Waals surface area (Å²) in [6.07, 6.45) is 1.67. The maximum Gasteiger partial charge on any atom is 0.138 e. The third-order valence-electron chi connectivity index (χ3n) is 2.59. The maximum absolute atomic E-state index is 5.34. The molecule has 2 aromatic rings. The van der Waals surface area contributed by atoms with Crippen molar-refractivity contribution in [2.75, 3.05) is 0 Å². The van der Waals surface area contributed by atoms with Crippen molar-refractivity contribution >= 4 is 8.07 Å². The van der Waals surface area contributed by atoms with E-state index < -0.39 is 8.07 Å². The highest BCUT2D eigenvalue weighted by atomic mass is 28.3. The molecule has 0 atom stereocenters. The van der Waals surface area contributed by atoms with Crippen molar-refractivity contribution in [3.05, 3.63) is 42.2 Å². The second-order valence-corrected chi connectivity index (χ2v) is 10.3. The Morgan fingerprint density at radius 3 is 2.58 bits per heavy atom. The second kappa shape index (κ2) is 5.90. The van der Waals surface area contributed by atoms with E-state index in [0.717, 1.165) is 29.9 Å². The number of hydrogen-bond acceptors (Lipinski definition) is 2. The first-order chi connectivity index (χ1) is 9.04. The molecule has 0 spiro atoms. The van der Waals surface area contributed by atoms with E-state index >= 15 is 0 Å². The van der Waals surface area contributed by atoms with Gasteiger partial charge < -0.3 is 4.52 Å². The number of aryl methyl sites for hydroxylation is 1. The maximum atomic E-state index is 5.34. The Labute approximate surface area is 115 Å². The predicted octanol–water partition coefficient (Wildman–Crippen LogP) is 4.16. The molecule has 0 bridgehead atoms. The Morgan fingerprint density at radius 2 is 1.89 bits per heavy atom. The largest absolute Gasteiger partial charge is 0.361 e. The fourth-order valence-electron chi connectivity index (χ4n) is 1.69. The molecule has 0 amide bonds. The van der Waals surface area contributed by atoms with E-state index in [0.29, 0.717) is 0 Å². The standard InChI is InChI=1S/C16H19NOSi/c1-19(2,3)12-8-7-11-15-13-16(17-18-15)14-9-5-4-6-10-14/h4-6,9-10,13H,7,11H2,1-3H3. The molecule has 0 N–H and O–H groups in total. The molecule has 0 aliphatic rings. The molecule has 0 saturated heterocycles. The topological polar surface area (TPSA) is 26.0 Å². The number of nitrogens with zero attached hydrogens (tertiary/aromatic N) is 1. The van der Waals surface area contributed by atoms with Crippen LogP contribution in [-0.4, -0.2) is 13.2 Å². The first kappa shape index (κ1) is 13.6. The zero-order valence-corrected chi connectivity index (χ0v) is 12.7. The molecule has 3 heteroatoms. The number of rotatable bonds is 3. The fraction of sp³-hybridized carbons (Fsp3) is 0.312. The Bertz CT molecular complexity index is 584. The van der Waals surface area contributed by atoms with Crippen LogP contribution in [0.5, 0.6) is 0 Å². The van der Waals surface area contributed by atoms with E-state index in [4.69, 9.17) is 4.52 Å². The zero-order valence-electron chi connectivity index (χ0n) is 11.7. The molecule has 0 aliphatic heterocycles. The number of benzene rings is 1. The van der Waals surface area contributed by atoms with Crippen LogP contribution in [-0.2, 0) is 6.42 Å². The Hall–Kier alpha value is -1.79. The van der Waals surface area contributed by atoms with Crippen molar-refractivity contribution in [3.8, 4) is 22.7 Å². The van der Waals surface area contributed by atoms with Gasteiger partial charge in [0.25, 0.3) is 0 Å². The number of hydrogen-bond donors (Lipinski definition) is 0. The van der Waals surface area contributed by atoms with Gasteiger partial charge in [-0.25, -0.2) is 0 Å². The minimum Gasteiger partial charge on any atom is -0.361 e. The van der Waals surface area contributed by atoms with Crippen LogP contribution in [0.4, 0.5) is 0 Å². The third-order valence-corrected chi connectivity index (χ3v) is 3.52. The first-order valence-corrected chi connectivity index (χ1v) is 10.1. The van der Waals surface area contributed by atoms with Crippen molar-refractivity contribution in [1.82, 2.24) is 5.16 Å². The molecule has 0 aliphatic carbocycles. The molecule has 1 aromatic carbocycles. The summed E-state index contributed by atoms with van der Waals surface area (Å²) in [4.78, 5) is 0. The lowest BCUT2D eigenvalue weighted by molar-refractivity contribution is 0.386. The van der Waals surface area contributed by atoms with E-state index in [1.165, 1.54) is 0 Å². The van der Waals surface area contributed by atoms with Crippen molar-refractivity contribution < 1.29 is 4.52 Å². The minimum absolute atomic E-state index is 0.831. The summed E-state index contributed by atoms with van der Waals surface area (Å²) in [5.41, 5.74) is 5.34. The molecule has 19 heavy (non-hydrogen) atoms. The molecule has 98 valence electrons. The van der Waals surface area contributed by atoms with Crippen molar-refractivity contribution in [1.29, 1.82) is 0 Å². The normalized spacial score (nSPS) is 10.9. The van der Waals surface area contributed by atoms with Gasteiger partial charge in [0.15, 0.2) is 0 Å². The molecule has 0 saturated carbocycles. The van der Waals surface area contributed by atoms with Gasteiger partial charge in [-0.1, -0.05) is 55.1 Å². The summed E-state index contributed by atoms with van der Waals surface area (Å²) < 4.78 is 5.34. The van der Waals surface area contributed by atoms with Crippen LogP contribution >= 0.6 is 0 Å². The highest BCUT2D eigenvalue weighted by Gasteiger charge is 2.08. The molecular formula is C16H19NOSi. The van der Waals surface area contributed by atoms with Gasteiger partial charge in [0, 0.05) is 24.5 Å². The summed E-state index contributed by atoms with van der Waals surface area (Å²) in [6, 6.07) is 12.1. The van der Waals surface area contributed by atoms with E-state index in [1.54, 1.807) is 0 Å². The van der Waals surface area contributed by atoms with Gasteiger partial charge in [0.2, 0.25) is 0 Å². The second-order valence-electron chi connectivity index (χ2n) is 5.60. The predicted molar refractivity (Wildman–Crippen MR) is 81.4 cm³/mol. The van der Waals surface area contributed by atoms with Crippen molar-refractivity contribution in [2.24, 2.45) is 0 Å². The number of aromatic nitrogens is 1. The lowest BCUT2D eigenvalue weighted by Gasteiger charge is -2.02. The molecule has 0 fully saturated rings. The molecule has 2 rings (SSSR count). The highest BCUT2D eigenvalue weighted by Crippen LogP contribution is 2.19. The van der Waals surface area contributed by atoms with E-state index in [-0.39, 0.29) is 0 Å². The van der Waals surface area contributed by atoms with Crippen molar-refractivity contribution in [3.63, 3.8) is 0 Å². The Balaban J connectivity index is 1.97. The van der Waals surface area contributed by atoms with E-state index in [2.05, 4.69) is 36.3 Å². The highest BCUT2D eigenvalue weighted by molar-refractivity contribution is 6.83. The Kier molecular flexibility index (Phi) is 4.23. The van der Waals surface area contributed by atoms with Crippen LogP contribution < -0.4 is 0 Å². The van der Waals surface area contributed by atoms with Gasteiger partial charge in [-0.2, -0.15) is 0 Å². The van der Waals surface area contributed by atoms with Crippen LogP contribution in [0.25, 0.3) is 11.3 Å². The monoisotopic (exact) mass is 269 g/mol. The van der Waals surface area contributed by atoms with Crippen LogP contribution in [0.1, 0.15) is 12.2 Å². The van der Waals surface area contributed by atoms with Gasteiger partial charge in [-0.15, -0.1) is 11.5 Å². The molecule has 2 nitrogen and oxygen atoms in total. The van der Waals surface area contributed by atoms with E-state index in [9.17, 15) is 0 Å². The smallest absolute Gasteiger partial charge is 0.138 e. The van der Waals surface area contributed by atoms with E-state index in [1.807, 2.05) is 36.4 Å². The quantitative estimate of drug-likeness (QED) is 0.618.